The Hall–Kier alpha value is -1.88. The fourth-order valence-electron chi connectivity index (χ4n) is 2.94. The highest BCUT2D eigenvalue weighted by molar-refractivity contribution is 5.94. The first kappa shape index (κ1) is 17.5. The quantitative estimate of drug-likeness (QED) is 0.873. The standard InChI is InChI=1S/C18H27N3O2/c1-14(2)21(13-17(19)22)12-15-7-6-8-16(11-15)18(23)20-9-4-3-5-10-20/h6-8,11,14H,3-5,9-10,12-13H2,1-2H3,(H2,19,22). The Morgan fingerprint density at radius 3 is 2.52 bits per heavy atom. The zero-order valence-corrected chi connectivity index (χ0v) is 14.1. The summed E-state index contributed by atoms with van der Waals surface area (Å²) in [6, 6.07) is 7.92. The molecule has 0 aromatic heterocycles. The van der Waals surface area contributed by atoms with Gasteiger partial charge in [-0.2, -0.15) is 0 Å². The fourth-order valence-corrected chi connectivity index (χ4v) is 2.94. The molecular weight excluding hydrogens is 290 g/mol. The van der Waals surface area contributed by atoms with Crippen molar-refractivity contribution in [3.63, 3.8) is 0 Å². The number of carbonyl (C=O) groups excluding carboxylic acids is 2. The highest BCUT2D eigenvalue weighted by Gasteiger charge is 2.19. The van der Waals surface area contributed by atoms with Crippen LogP contribution >= 0.6 is 0 Å². The Kier molecular flexibility index (Phi) is 6.16. The van der Waals surface area contributed by atoms with E-state index >= 15 is 0 Å². The third-order valence-electron chi connectivity index (χ3n) is 4.29. The molecule has 0 spiro atoms. The monoisotopic (exact) mass is 317 g/mol. The van der Waals surface area contributed by atoms with Gasteiger partial charge < -0.3 is 10.6 Å². The molecule has 5 nitrogen and oxygen atoms in total. The number of amides is 2. The number of primary amides is 1. The summed E-state index contributed by atoms with van der Waals surface area (Å²) in [6.07, 6.45) is 3.39. The maximum atomic E-state index is 12.6. The van der Waals surface area contributed by atoms with E-state index in [1.807, 2.05) is 47.9 Å². The van der Waals surface area contributed by atoms with Gasteiger partial charge in [-0.25, -0.2) is 0 Å². The third-order valence-corrected chi connectivity index (χ3v) is 4.29. The molecule has 0 unspecified atom stereocenters. The van der Waals surface area contributed by atoms with Crippen LogP contribution in [0.5, 0.6) is 0 Å². The minimum atomic E-state index is -0.334. The number of carbonyl (C=O) groups is 2. The van der Waals surface area contributed by atoms with Crippen molar-refractivity contribution in [3.8, 4) is 0 Å². The van der Waals surface area contributed by atoms with Crippen molar-refractivity contribution in [2.75, 3.05) is 19.6 Å². The third kappa shape index (κ3) is 5.06. The predicted octanol–water partition coefficient (Wildman–Crippen LogP) is 2.01. The first-order valence-electron chi connectivity index (χ1n) is 8.38. The Morgan fingerprint density at radius 1 is 1.22 bits per heavy atom. The molecule has 23 heavy (non-hydrogen) atoms. The summed E-state index contributed by atoms with van der Waals surface area (Å²) < 4.78 is 0. The first-order valence-corrected chi connectivity index (χ1v) is 8.38. The number of hydrogen-bond acceptors (Lipinski definition) is 3. The van der Waals surface area contributed by atoms with Crippen molar-refractivity contribution in [1.82, 2.24) is 9.80 Å². The number of piperidine rings is 1. The molecule has 0 bridgehead atoms. The Labute approximate surface area is 138 Å². The second kappa shape index (κ2) is 8.11. The minimum Gasteiger partial charge on any atom is -0.369 e. The lowest BCUT2D eigenvalue weighted by molar-refractivity contribution is -0.119. The molecule has 0 aliphatic carbocycles. The van der Waals surface area contributed by atoms with Gasteiger partial charge in [-0.05, 0) is 50.8 Å². The van der Waals surface area contributed by atoms with Crippen molar-refractivity contribution in [3.05, 3.63) is 35.4 Å². The van der Waals surface area contributed by atoms with Crippen LogP contribution in [-0.2, 0) is 11.3 Å². The molecule has 2 amide bonds. The average Bonchev–Trinajstić information content (AvgIpc) is 2.54. The largest absolute Gasteiger partial charge is 0.369 e. The van der Waals surface area contributed by atoms with Gasteiger partial charge in [0.15, 0.2) is 0 Å². The van der Waals surface area contributed by atoms with Gasteiger partial charge in [-0.3, -0.25) is 14.5 Å². The molecule has 1 aliphatic heterocycles. The van der Waals surface area contributed by atoms with Crippen LogP contribution in [0.15, 0.2) is 24.3 Å². The Morgan fingerprint density at radius 2 is 1.91 bits per heavy atom. The molecule has 0 atom stereocenters. The summed E-state index contributed by atoms with van der Waals surface area (Å²) in [5, 5.41) is 0. The van der Waals surface area contributed by atoms with Crippen LogP contribution in [0.3, 0.4) is 0 Å². The van der Waals surface area contributed by atoms with Gasteiger partial charge >= 0.3 is 0 Å². The van der Waals surface area contributed by atoms with E-state index in [0.29, 0.717) is 6.54 Å². The fraction of sp³-hybridized carbons (Fsp3) is 0.556. The van der Waals surface area contributed by atoms with Crippen LogP contribution in [0.4, 0.5) is 0 Å². The molecule has 1 saturated heterocycles. The highest BCUT2D eigenvalue weighted by atomic mass is 16.2. The van der Waals surface area contributed by atoms with E-state index in [0.717, 1.165) is 37.1 Å². The van der Waals surface area contributed by atoms with Gasteiger partial charge in [0.05, 0.1) is 6.54 Å². The lowest BCUT2D eigenvalue weighted by Crippen LogP contribution is -2.38. The molecular formula is C18H27N3O2. The van der Waals surface area contributed by atoms with Crippen molar-refractivity contribution in [1.29, 1.82) is 0 Å². The molecule has 1 aliphatic rings. The second-order valence-electron chi connectivity index (χ2n) is 6.52. The normalized spacial score (nSPS) is 15.2. The van der Waals surface area contributed by atoms with Gasteiger partial charge in [0.1, 0.15) is 0 Å². The summed E-state index contributed by atoms with van der Waals surface area (Å²) in [6.45, 7) is 6.60. The number of rotatable bonds is 6. The lowest BCUT2D eigenvalue weighted by Gasteiger charge is -2.27. The maximum absolute atomic E-state index is 12.6. The van der Waals surface area contributed by atoms with Crippen molar-refractivity contribution in [2.24, 2.45) is 5.73 Å². The molecule has 1 heterocycles. The Balaban J connectivity index is 2.09. The smallest absolute Gasteiger partial charge is 0.253 e. The molecule has 1 aromatic carbocycles. The SMILES string of the molecule is CC(C)N(CC(N)=O)Cc1cccc(C(=O)N2CCCCC2)c1. The van der Waals surface area contributed by atoms with Crippen molar-refractivity contribution >= 4 is 11.8 Å². The van der Waals surface area contributed by atoms with Crippen molar-refractivity contribution in [2.45, 2.75) is 45.7 Å². The zero-order chi connectivity index (χ0) is 16.8. The van der Waals surface area contributed by atoms with Crippen LogP contribution in [-0.4, -0.2) is 47.3 Å². The van der Waals surface area contributed by atoms with Crippen LogP contribution in [0.25, 0.3) is 0 Å². The number of likely N-dealkylation sites (tertiary alicyclic amines) is 1. The molecule has 0 radical (unpaired) electrons. The zero-order valence-electron chi connectivity index (χ0n) is 14.1. The molecule has 0 saturated carbocycles. The van der Waals surface area contributed by atoms with Gasteiger partial charge in [-0.1, -0.05) is 12.1 Å². The molecule has 1 aromatic rings. The maximum Gasteiger partial charge on any atom is 0.253 e. The summed E-state index contributed by atoms with van der Waals surface area (Å²) in [4.78, 5) is 27.7. The van der Waals surface area contributed by atoms with Gasteiger partial charge in [0, 0.05) is 31.2 Å². The summed E-state index contributed by atoms with van der Waals surface area (Å²) in [5.41, 5.74) is 7.08. The van der Waals surface area contributed by atoms with Crippen molar-refractivity contribution < 1.29 is 9.59 Å². The van der Waals surface area contributed by atoms with Crippen LogP contribution in [0, 0.1) is 0 Å². The molecule has 5 heteroatoms. The van der Waals surface area contributed by atoms with E-state index < -0.39 is 0 Å². The van der Waals surface area contributed by atoms with E-state index in [-0.39, 0.29) is 24.4 Å². The average molecular weight is 317 g/mol. The topological polar surface area (TPSA) is 66.6 Å². The van der Waals surface area contributed by atoms with Crippen LogP contribution in [0.1, 0.15) is 49.0 Å². The molecule has 1 fully saturated rings. The van der Waals surface area contributed by atoms with E-state index in [4.69, 9.17) is 5.73 Å². The van der Waals surface area contributed by atoms with E-state index in [9.17, 15) is 9.59 Å². The minimum absolute atomic E-state index is 0.109. The van der Waals surface area contributed by atoms with Crippen LogP contribution < -0.4 is 5.73 Å². The number of nitrogens with zero attached hydrogens (tertiary/aromatic N) is 2. The summed E-state index contributed by atoms with van der Waals surface area (Å²) >= 11 is 0. The van der Waals surface area contributed by atoms with E-state index in [1.165, 1.54) is 6.42 Å². The first-order chi connectivity index (χ1) is 11.0. The lowest BCUT2D eigenvalue weighted by atomic mass is 10.1. The second-order valence-corrected chi connectivity index (χ2v) is 6.52. The Bertz CT molecular complexity index is 551. The van der Waals surface area contributed by atoms with Gasteiger partial charge in [0.2, 0.25) is 5.91 Å². The van der Waals surface area contributed by atoms with E-state index in [1.54, 1.807) is 0 Å². The predicted molar refractivity (Wildman–Crippen MR) is 90.9 cm³/mol. The highest BCUT2D eigenvalue weighted by Crippen LogP contribution is 2.16. The van der Waals surface area contributed by atoms with Gasteiger partial charge in [0.25, 0.3) is 5.91 Å². The van der Waals surface area contributed by atoms with Gasteiger partial charge in [-0.15, -0.1) is 0 Å². The summed E-state index contributed by atoms with van der Waals surface area (Å²) in [5.74, 6) is -0.225. The molecule has 2 N–H and O–H groups in total. The molecule has 2 rings (SSSR count). The number of hydrogen-bond donors (Lipinski definition) is 1. The summed E-state index contributed by atoms with van der Waals surface area (Å²) in [7, 11) is 0. The van der Waals surface area contributed by atoms with Crippen LogP contribution in [0.2, 0.25) is 0 Å². The van der Waals surface area contributed by atoms with E-state index in [2.05, 4.69) is 0 Å². The number of benzene rings is 1. The number of nitrogens with two attached hydrogens (primary N) is 1. The molecule has 126 valence electrons.